The molecule has 0 unspecified atom stereocenters. The molecule has 1 aromatic rings. The topological polar surface area (TPSA) is 63.5 Å². The van der Waals surface area contributed by atoms with Crippen LogP contribution < -0.4 is 0 Å². The summed E-state index contributed by atoms with van der Waals surface area (Å²) in [6.45, 7) is 9.46. The molecule has 0 aliphatic heterocycles. The molecule has 0 aliphatic rings. The van der Waals surface area contributed by atoms with Gasteiger partial charge in [-0.05, 0) is 32.9 Å². The van der Waals surface area contributed by atoms with Crippen molar-refractivity contribution in [3.63, 3.8) is 0 Å². The van der Waals surface area contributed by atoms with E-state index in [1.54, 1.807) is 6.08 Å². The van der Waals surface area contributed by atoms with Gasteiger partial charge in [0.1, 0.15) is 10.6 Å². The lowest BCUT2D eigenvalue weighted by atomic mass is 10.0. The molecule has 108 valence electrons. The Hall–Kier alpha value is -1.88. The SMILES string of the molecule is C=CCN(C(=O)c1cccc(Cl)c1[N+](=O)[O-])C(C)(C)C. The second kappa shape index (κ2) is 6.05. The summed E-state index contributed by atoms with van der Waals surface area (Å²) in [5.74, 6) is -0.438. The van der Waals surface area contributed by atoms with Gasteiger partial charge in [0.2, 0.25) is 0 Å². The van der Waals surface area contributed by atoms with Crippen LogP contribution in [-0.4, -0.2) is 27.8 Å². The zero-order valence-corrected chi connectivity index (χ0v) is 12.5. The Morgan fingerprint density at radius 2 is 2.10 bits per heavy atom. The maximum Gasteiger partial charge on any atom is 0.300 e. The van der Waals surface area contributed by atoms with E-state index in [0.29, 0.717) is 6.54 Å². The number of carbonyl (C=O) groups excluding carboxylic acids is 1. The van der Waals surface area contributed by atoms with E-state index in [1.807, 2.05) is 20.8 Å². The van der Waals surface area contributed by atoms with Crippen molar-refractivity contribution in [3.05, 3.63) is 51.6 Å². The molecule has 0 aromatic heterocycles. The summed E-state index contributed by atoms with van der Waals surface area (Å²) in [4.78, 5) is 24.6. The van der Waals surface area contributed by atoms with Crippen molar-refractivity contribution in [1.82, 2.24) is 4.90 Å². The summed E-state index contributed by atoms with van der Waals surface area (Å²) >= 11 is 5.83. The number of halogens is 1. The van der Waals surface area contributed by atoms with Crippen LogP contribution in [0.5, 0.6) is 0 Å². The minimum Gasteiger partial charge on any atom is -0.330 e. The molecule has 0 fully saturated rings. The number of nitro benzene ring substituents is 1. The number of rotatable bonds is 4. The maximum atomic E-state index is 12.6. The molecule has 0 aliphatic carbocycles. The highest BCUT2D eigenvalue weighted by molar-refractivity contribution is 6.33. The third-order valence-corrected chi connectivity index (χ3v) is 3.07. The van der Waals surface area contributed by atoms with Gasteiger partial charge in [-0.3, -0.25) is 14.9 Å². The molecule has 20 heavy (non-hydrogen) atoms. The normalized spacial score (nSPS) is 11.0. The molecule has 0 heterocycles. The van der Waals surface area contributed by atoms with Crippen molar-refractivity contribution in [2.24, 2.45) is 0 Å². The number of hydrogen-bond donors (Lipinski definition) is 0. The first-order valence-electron chi connectivity index (χ1n) is 6.06. The van der Waals surface area contributed by atoms with Gasteiger partial charge in [0, 0.05) is 12.1 Å². The molecule has 0 N–H and O–H groups in total. The fourth-order valence-corrected chi connectivity index (χ4v) is 2.05. The predicted molar refractivity (Wildman–Crippen MR) is 79.1 cm³/mol. The summed E-state index contributed by atoms with van der Waals surface area (Å²) in [6, 6.07) is 4.33. The minimum atomic E-state index is -0.635. The van der Waals surface area contributed by atoms with Crippen LogP contribution in [0.2, 0.25) is 5.02 Å². The molecule has 0 saturated heterocycles. The zero-order chi connectivity index (χ0) is 15.5. The average molecular weight is 297 g/mol. The van der Waals surface area contributed by atoms with Gasteiger partial charge in [0.05, 0.1) is 4.92 Å². The Bertz CT molecular complexity index is 550. The van der Waals surface area contributed by atoms with E-state index in [4.69, 9.17) is 11.6 Å². The molecule has 0 spiro atoms. The summed E-state index contributed by atoms with van der Waals surface area (Å²) < 4.78 is 0. The van der Waals surface area contributed by atoms with E-state index in [9.17, 15) is 14.9 Å². The van der Waals surface area contributed by atoms with Crippen molar-refractivity contribution in [3.8, 4) is 0 Å². The van der Waals surface area contributed by atoms with Gasteiger partial charge in [0.25, 0.3) is 5.91 Å². The standard InChI is InChI=1S/C14H17ClN2O3/c1-5-9-16(14(2,3)4)13(18)10-7-6-8-11(15)12(10)17(19)20/h5-8H,1,9H2,2-4H3. The van der Waals surface area contributed by atoms with Crippen LogP contribution in [0.1, 0.15) is 31.1 Å². The molecular weight excluding hydrogens is 280 g/mol. The van der Waals surface area contributed by atoms with Crippen molar-refractivity contribution in [2.45, 2.75) is 26.3 Å². The number of amides is 1. The van der Waals surface area contributed by atoms with Gasteiger partial charge in [0.15, 0.2) is 0 Å². The molecule has 5 nitrogen and oxygen atoms in total. The maximum absolute atomic E-state index is 12.6. The van der Waals surface area contributed by atoms with Gasteiger partial charge in [-0.15, -0.1) is 6.58 Å². The van der Waals surface area contributed by atoms with Gasteiger partial charge in [-0.1, -0.05) is 23.7 Å². The van der Waals surface area contributed by atoms with Crippen molar-refractivity contribution in [1.29, 1.82) is 0 Å². The fourth-order valence-electron chi connectivity index (χ4n) is 1.81. The monoisotopic (exact) mass is 296 g/mol. The first-order chi connectivity index (χ1) is 9.20. The molecule has 0 bridgehead atoms. The third kappa shape index (κ3) is 3.36. The van der Waals surface area contributed by atoms with E-state index in [1.165, 1.54) is 23.1 Å². The van der Waals surface area contributed by atoms with Crippen molar-refractivity contribution < 1.29 is 9.72 Å². The van der Waals surface area contributed by atoms with Crippen LogP contribution in [0, 0.1) is 10.1 Å². The van der Waals surface area contributed by atoms with Gasteiger partial charge >= 0.3 is 5.69 Å². The smallest absolute Gasteiger partial charge is 0.300 e. The summed E-state index contributed by atoms with van der Waals surface area (Å²) in [6.07, 6.45) is 1.58. The quantitative estimate of drug-likeness (QED) is 0.484. The largest absolute Gasteiger partial charge is 0.330 e. The highest BCUT2D eigenvalue weighted by atomic mass is 35.5. The molecule has 0 radical (unpaired) electrons. The average Bonchev–Trinajstić information content (AvgIpc) is 2.32. The second-order valence-corrected chi connectivity index (χ2v) is 5.68. The van der Waals surface area contributed by atoms with Crippen molar-refractivity contribution >= 4 is 23.2 Å². The van der Waals surface area contributed by atoms with E-state index >= 15 is 0 Å². The minimum absolute atomic E-state index is 0.0146. The highest BCUT2D eigenvalue weighted by Gasteiger charge is 2.31. The number of hydrogen-bond acceptors (Lipinski definition) is 3. The molecular formula is C14H17ClN2O3. The number of nitrogens with zero attached hydrogens (tertiary/aromatic N) is 2. The van der Waals surface area contributed by atoms with Crippen LogP contribution in [-0.2, 0) is 0 Å². The number of nitro groups is 1. The Kier molecular flexibility index (Phi) is 4.89. The number of para-hydroxylation sites is 1. The first kappa shape index (κ1) is 16.2. The van der Waals surface area contributed by atoms with E-state index < -0.39 is 16.4 Å². The fraction of sp³-hybridized carbons (Fsp3) is 0.357. The molecule has 1 aromatic carbocycles. The summed E-state index contributed by atoms with van der Waals surface area (Å²) in [5.41, 5.74) is -0.863. The molecule has 0 saturated carbocycles. The van der Waals surface area contributed by atoms with Crippen LogP contribution in [0.25, 0.3) is 0 Å². The molecule has 1 amide bonds. The summed E-state index contributed by atoms with van der Waals surface area (Å²) in [7, 11) is 0. The number of carbonyl (C=O) groups is 1. The summed E-state index contributed by atoms with van der Waals surface area (Å²) in [5, 5.41) is 11.1. The van der Waals surface area contributed by atoms with Gasteiger partial charge in [-0.2, -0.15) is 0 Å². The second-order valence-electron chi connectivity index (χ2n) is 5.27. The molecule has 6 heteroatoms. The van der Waals surface area contributed by atoms with E-state index in [-0.39, 0.29) is 16.3 Å². The Balaban J connectivity index is 3.36. The van der Waals surface area contributed by atoms with Crippen LogP contribution in [0.15, 0.2) is 30.9 Å². The molecule has 1 rings (SSSR count). The van der Waals surface area contributed by atoms with Crippen LogP contribution >= 0.6 is 11.6 Å². The third-order valence-electron chi connectivity index (χ3n) is 2.77. The Labute approximate surface area is 123 Å². The van der Waals surface area contributed by atoms with Gasteiger partial charge < -0.3 is 4.90 Å². The van der Waals surface area contributed by atoms with Crippen molar-refractivity contribution in [2.75, 3.05) is 6.54 Å². The van der Waals surface area contributed by atoms with E-state index in [2.05, 4.69) is 6.58 Å². The Morgan fingerprint density at radius 1 is 1.50 bits per heavy atom. The van der Waals surface area contributed by atoms with Crippen LogP contribution in [0.4, 0.5) is 5.69 Å². The lowest BCUT2D eigenvalue weighted by Gasteiger charge is -2.34. The number of benzene rings is 1. The highest BCUT2D eigenvalue weighted by Crippen LogP contribution is 2.30. The van der Waals surface area contributed by atoms with Crippen LogP contribution in [0.3, 0.4) is 0 Å². The Morgan fingerprint density at radius 3 is 2.55 bits per heavy atom. The zero-order valence-electron chi connectivity index (χ0n) is 11.7. The predicted octanol–water partition coefficient (Wildman–Crippen LogP) is 3.67. The van der Waals surface area contributed by atoms with Gasteiger partial charge in [-0.25, -0.2) is 0 Å². The first-order valence-corrected chi connectivity index (χ1v) is 6.43. The lowest BCUT2D eigenvalue weighted by Crippen LogP contribution is -2.45. The lowest BCUT2D eigenvalue weighted by molar-refractivity contribution is -0.385. The molecule has 0 atom stereocenters. The van der Waals surface area contributed by atoms with E-state index in [0.717, 1.165) is 0 Å².